The maximum atomic E-state index is 11.7. The molecule has 12 heavy (non-hydrogen) atoms. The number of nitrogens with zero attached hydrogens (tertiary/aromatic N) is 1. The smallest absolute Gasteiger partial charge is 0.401 e. The molecule has 0 aliphatic carbocycles. The molecule has 72 valence electrons. The second kappa shape index (κ2) is 3.75. The maximum absolute atomic E-state index is 11.7. The highest BCUT2D eigenvalue weighted by molar-refractivity contribution is 5.72. The Hall–Kier alpha value is -0.780. The van der Waals surface area contributed by atoms with Crippen LogP contribution in [0.5, 0.6) is 0 Å². The number of halogens is 3. The number of likely N-dealkylation sites (N-methyl/N-ethyl adjacent to an activating group) is 1. The molecule has 0 aromatic carbocycles. The van der Waals surface area contributed by atoms with E-state index in [9.17, 15) is 18.0 Å². The standard InChI is InChI=1S/C6H10F3NO2/c1-4(5(11)12)10(2)3-6(7,8)9/h4H,3H2,1-2H3,(H,11,12)/t4-/m0/s1. The number of carboxylic acid groups (broad SMARTS) is 1. The van der Waals surface area contributed by atoms with E-state index in [2.05, 4.69) is 0 Å². The zero-order valence-corrected chi connectivity index (χ0v) is 6.72. The average Bonchev–Trinajstić information content (AvgIpc) is 1.82. The van der Waals surface area contributed by atoms with Crippen molar-refractivity contribution in [1.82, 2.24) is 4.90 Å². The quantitative estimate of drug-likeness (QED) is 0.711. The van der Waals surface area contributed by atoms with Gasteiger partial charge in [-0.15, -0.1) is 0 Å². The van der Waals surface area contributed by atoms with Crippen molar-refractivity contribution in [3.63, 3.8) is 0 Å². The van der Waals surface area contributed by atoms with Crippen LogP contribution in [0, 0.1) is 0 Å². The van der Waals surface area contributed by atoms with Gasteiger partial charge in [-0.3, -0.25) is 9.69 Å². The van der Waals surface area contributed by atoms with E-state index >= 15 is 0 Å². The van der Waals surface area contributed by atoms with Gasteiger partial charge in [-0.1, -0.05) is 0 Å². The minimum Gasteiger partial charge on any atom is -0.480 e. The van der Waals surface area contributed by atoms with Crippen LogP contribution in [0.4, 0.5) is 13.2 Å². The van der Waals surface area contributed by atoms with Crippen LogP contribution in [-0.4, -0.2) is 41.8 Å². The predicted octanol–water partition coefficient (Wildman–Crippen LogP) is 0.954. The summed E-state index contributed by atoms with van der Waals surface area (Å²) in [6.45, 7) is -0.00542. The number of hydrogen-bond acceptors (Lipinski definition) is 2. The van der Waals surface area contributed by atoms with E-state index in [1.54, 1.807) is 0 Å². The third-order valence-electron chi connectivity index (χ3n) is 1.45. The van der Waals surface area contributed by atoms with Gasteiger partial charge < -0.3 is 5.11 Å². The molecule has 0 heterocycles. The molecule has 0 fully saturated rings. The van der Waals surface area contributed by atoms with E-state index in [1.165, 1.54) is 6.92 Å². The molecule has 0 amide bonds. The van der Waals surface area contributed by atoms with Crippen molar-refractivity contribution in [2.45, 2.75) is 19.1 Å². The van der Waals surface area contributed by atoms with Gasteiger partial charge in [-0.2, -0.15) is 13.2 Å². The van der Waals surface area contributed by atoms with Crippen LogP contribution in [0.15, 0.2) is 0 Å². The maximum Gasteiger partial charge on any atom is 0.401 e. The summed E-state index contributed by atoms with van der Waals surface area (Å²) in [5, 5.41) is 8.34. The summed E-state index contributed by atoms with van der Waals surface area (Å²) < 4.78 is 35.1. The Kier molecular flexibility index (Phi) is 3.51. The van der Waals surface area contributed by atoms with Gasteiger partial charge in [-0.05, 0) is 14.0 Å². The number of carboxylic acids is 1. The van der Waals surface area contributed by atoms with Crippen LogP contribution >= 0.6 is 0 Å². The third-order valence-corrected chi connectivity index (χ3v) is 1.45. The number of rotatable bonds is 3. The van der Waals surface area contributed by atoms with E-state index in [1.807, 2.05) is 0 Å². The molecular formula is C6H10F3NO2. The highest BCUT2D eigenvalue weighted by atomic mass is 19.4. The van der Waals surface area contributed by atoms with Crippen molar-refractivity contribution >= 4 is 5.97 Å². The molecule has 6 heteroatoms. The van der Waals surface area contributed by atoms with E-state index < -0.39 is 24.7 Å². The lowest BCUT2D eigenvalue weighted by Gasteiger charge is -2.21. The molecular weight excluding hydrogens is 175 g/mol. The van der Waals surface area contributed by atoms with Gasteiger partial charge in [0.15, 0.2) is 0 Å². The first-order chi connectivity index (χ1) is 5.24. The minimum absolute atomic E-state index is 0.725. The molecule has 0 aliphatic heterocycles. The molecule has 0 radical (unpaired) electrons. The second-order valence-electron chi connectivity index (χ2n) is 2.54. The first-order valence-electron chi connectivity index (χ1n) is 3.24. The van der Waals surface area contributed by atoms with E-state index in [4.69, 9.17) is 5.11 Å². The molecule has 1 N–H and O–H groups in total. The summed E-state index contributed by atoms with van der Waals surface area (Å²) in [5.74, 6) is -1.26. The predicted molar refractivity (Wildman–Crippen MR) is 35.8 cm³/mol. The molecule has 1 atom stereocenters. The normalized spacial score (nSPS) is 14.8. The summed E-state index contributed by atoms with van der Waals surface area (Å²) in [6.07, 6.45) is -4.35. The highest BCUT2D eigenvalue weighted by Gasteiger charge is 2.32. The Balaban J connectivity index is 4.04. The molecule has 3 nitrogen and oxygen atoms in total. The van der Waals surface area contributed by atoms with Gasteiger partial charge in [0.2, 0.25) is 0 Å². The van der Waals surface area contributed by atoms with Gasteiger partial charge in [0, 0.05) is 0 Å². The van der Waals surface area contributed by atoms with Crippen LogP contribution in [-0.2, 0) is 4.79 Å². The summed E-state index contributed by atoms with van der Waals surface area (Å²) in [5.41, 5.74) is 0. The first kappa shape index (κ1) is 11.2. The lowest BCUT2D eigenvalue weighted by molar-refractivity contribution is -0.157. The van der Waals surface area contributed by atoms with Crippen molar-refractivity contribution in [2.75, 3.05) is 13.6 Å². The Morgan fingerprint density at radius 1 is 1.58 bits per heavy atom. The fraction of sp³-hybridized carbons (Fsp3) is 0.833. The summed E-state index contributed by atoms with van der Waals surface area (Å²) in [4.78, 5) is 10.9. The molecule has 0 saturated carbocycles. The van der Waals surface area contributed by atoms with Crippen LogP contribution in [0.2, 0.25) is 0 Å². The molecule has 0 aromatic heterocycles. The summed E-state index contributed by atoms with van der Waals surface area (Å²) in [7, 11) is 1.12. The molecule has 0 rings (SSSR count). The fourth-order valence-electron chi connectivity index (χ4n) is 0.608. The average molecular weight is 185 g/mol. The minimum atomic E-state index is -4.35. The summed E-state index contributed by atoms with van der Waals surface area (Å²) >= 11 is 0. The van der Waals surface area contributed by atoms with Gasteiger partial charge in [0.05, 0.1) is 6.54 Å². The highest BCUT2D eigenvalue weighted by Crippen LogP contribution is 2.16. The fourth-order valence-corrected chi connectivity index (χ4v) is 0.608. The topological polar surface area (TPSA) is 40.5 Å². The van der Waals surface area contributed by atoms with Gasteiger partial charge in [0.25, 0.3) is 0 Å². The Labute approximate surface area is 67.8 Å². The summed E-state index contributed by atoms with van der Waals surface area (Å²) in [6, 6.07) is -1.12. The Morgan fingerprint density at radius 2 is 2.00 bits per heavy atom. The first-order valence-corrected chi connectivity index (χ1v) is 3.24. The van der Waals surface area contributed by atoms with Crippen LogP contribution < -0.4 is 0 Å². The van der Waals surface area contributed by atoms with Crippen molar-refractivity contribution in [1.29, 1.82) is 0 Å². The number of carbonyl (C=O) groups is 1. The lowest BCUT2D eigenvalue weighted by Crippen LogP contribution is -2.41. The van der Waals surface area contributed by atoms with E-state index in [-0.39, 0.29) is 0 Å². The third kappa shape index (κ3) is 4.17. The molecule has 0 bridgehead atoms. The zero-order valence-electron chi connectivity index (χ0n) is 6.72. The van der Waals surface area contributed by atoms with Crippen molar-refractivity contribution < 1.29 is 23.1 Å². The lowest BCUT2D eigenvalue weighted by atomic mass is 10.3. The monoisotopic (exact) mass is 185 g/mol. The van der Waals surface area contributed by atoms with Crippen LogP contribution in [0.25, 0.3) is 0 Å². The zero-order chi connectivity index (χ0) is 9.94. The van der Waals surface area contributed by atoms with E-state index in [0.717, 1.165) is 11.9 Å². The van der Waals surface area contributed by atoms with Gasteiger partial charge in [0.1, 0.15) is 6.04 Å². The molecule has 0 unspecified atom stereocenters. The largest absolute Gasteiger partial charge is 0.480 e. The Morgan fingerprint density at radius 3 is 2.25 bits per heavy atom. The molecule has 0 aromatic rings. The van der Waals surface area contributed by atoms with E-state index in [0.29, 0.717) is 0 Å². The number of aliphatic carboxylic acids is 1. The SMILES string of the molecule is C[C@@H](C(=O)O)N(C)CC(F)(F)F. The molecule has 0 aliphatic rings. The number of alkyl halides is 3. The van der Waals surface area contributed by atoms with Gasteiger partial charge in [-0.25, -0.2) is 0 Å². The molecule has 0 saturated heterocycles. The van der Waals surface area contributed by atoms with Gasteiger partial charge >= 0.3 is 12.1 Å². The number of hydrogen-bond donors (Lipinski definition) is 1. The van der Waals surface area contributed by atoms with Crippen molar-refractivity contribution in [2.24, 2.45) is 0 Å². The van der Waals surface area contributed by atoms with Crippen LogP contribution in [0.1, 0.15) is 6.92 Å². The van der Waals surface area contributed by atoms with Crippen LogP contribution in [0.3, 0.4) is 0 Å². The second-order valence-corrected chi connectivity index (χ2v) is 2.54. The van der Waals surface area contributed by atoms with Crippen molar-refractivity contribution in [3.8, 4) is 0 Å². The van der Waals surface area contributed by atoms with Crippen molar-refractivity contribution in [3.05, 3.63) is 0 Å². The Bertz CT molecular complexity index is 169. The molecule has 0 spiro atoms.